The normalized spacial score (nSPS) is 17.5. The van der Waals surface area contributed by atoms with E-state index in [-0.39, 0.29) is 11.7 Å². The van der Waals surface area contributed by atoms with Gasteiger partial charge in [-0.25, -0.2) is 0 Å². The molecule has 1 nitrogen and oxygen atoms in total. The molecule has 0 N–H and O–H groups in total. The largest absolute Gasteiger partial charge is 0.293 e. The lowest BCUT2D eigenvalue weighted by molar-refractivity contribution is 0.0959. The van der Waals surface area contributed by atoms with Crippen molar-refractivity contribution >= 4 is 5.78 Å². The number of Topliss-reactive ketones (excluding diaryl/α,β-unsaturated/α-hetero) is 1. The maximum atomic E-state index is 12.5. The third kappa shape index (κ3) is 1.86. The average molecular weight is 236 g/mol. The van der Waals surface area contributed by atoms with Gasteiger partial charge in [-0.15, -0.1) is 0 Å². The van der Waals surface area contributed by atoms with Crippen molar-refractivity contribution < 1.29 is 4.79 Å². The highest BCUT2D eigenvalue weighted by molar-refractivity contribution is 6.01. The summed E-state index contributed by atoms with van der Waals surface area (Å²) in [6.45, 7) is 2.04. The lowest BCUT2D eigenvalue weighted by Gasteiger charge is -2.10. The molecule has 1 unspecified atom stereocenters. The summed E-state index contributed by atoms with van der Waals surface area (Å²) in [5.74, 6) is 0.323. The SMILES string of the molecule is Cc1ccc(C(=O)C2CCc3ccccc32)cc1. The first-order valence-electron chi connectivity index (χ1n) is 6.44. The van der Waals surface area contributed by atoms with E-state index in [0.717, 1.165) is 18.4 Å². The van der Waals surface area contributed by atoms with E-state index in [4.69, 9.17) is 0 Å². The van der Waals surface area contributed by atoms with E-state index in [1.54, 1.807) is 0 Å². The van der Waals surface area contributed by atoms with Crippen molar-refractivity contribution in [3.8, 4) is 0 Å². The van der Waals surface area contributed by atoms with Gasteiger partial charge in [0.25, 0.3) is 0 Å². The molecular weight excluding hydrogens is 220 g/mol. The van der Waals surface area contributed by atoms with Gasteiger partial charge < -0.3 is 0 Å². The Balaban J connectivity index is 1.93. The summed E-state index contributed by atoms with van der Waals surface area (Å²) in [6.07, 6.45) is 1.98. The first kappa shape index (κ1) is 11.2. The highest BCUT2D eigenvalue weighted by atomic mass is 16.1. The highest BCUT2D eigenvalue weighted by Crippen LogP contribution is 2.35. The minimum atomic E-state index is 0.0592. The van der Waals surface area contributed by atoms with E-state index in [9.17, 15) is 4.79 Å². The highest BCUT2D eigenvalue weighted by Gasteiger charge is 2.28. The molecule has 2 aromatic carbocycles. The summed E-state index contributed by atoms with van der Waals surface area (Å²) in [7, 11) is 0. The number of hydrogen-bond acceptors (Lipinski definition) is 1. The minimum absolute atomic E-state index is 0.0592. The van der Waals surface area contributed by atoms with E-state index in [1.165, 1.54) is 16.7 Å². The number of ketones is 1. The van der Waals surface area contributed by atoms with E-state index < -0.39 is 0 Å². The second kappa shape index (κ2) is 4.41. The first-order valence-corrected chi connectivity index (χ1v) is 6.44. The molecule has 0 aromatic heterocycles. The molecular formula is C17H16O. The predicted molar refractivity (Wildman–Crippen MR) is 73.0 cm³/mol. The Morgan fingerprint density at radius 1 is 1.06 bits per heavy atom. The second-order valence-corrected chi connectivity index (χ2v) is 5.02. The molecule has 0 amide bonds. The van der Waals surface area contributed by atoms with E-state index >= 15 is 0 Å². The Labute approximate surface area is 107 Å². The quantitative estimate of drug-likeness (QED) is 0.722. The van der Waals surface area contributed by atoms with Crippen molar-refractivity contribution in [3.05, 3.63) is 70.8 Å². The average Bonchev–Trinajstić information content (AvgIpc) is 2.82. The summed E-state index contributed by atoms with van der Waals surface area (Å²) in [5, 5.41) is 0. The fourth-order valence-corrected chi connectivity index (χ4v) is 2.75. The molecule has 0 aliphatic heterocycles. The molecule has 1 aliphatic rings. The first-order chi connectivity index (χ1) is 8.75. The van der Waals surface area contributed by atoms with Crippen molar-refractivity contribution in [2.75, 3.05) is 0 Å². The summed E-state index contributed by atoms with van der Waals surface area (Å²) < 4.78 is 0. The molecule has 1 heteroatoms. The van der Waals surface area contributed by atoms with Gasteiger partial charge in [0.05, 0.1) is 0 Å². The van der Waals surface area contributed by atoms with Crippen LogP contribution in [0.25, 0.3) is 0 Å². The Morgan fingerprint density at radius 2 is 1.78 bits per heavy atom. The summed E-state index contributed by atoms with van der Waals surface area (Å²) in [5.41, 5.74) is 4.59. The van der Waals surface area contributed by atoms with Gasteiger partial charge in [-0.2, -0.15) is 0 Å². The van der Waals surface area contributed by atoms with E-state index in [1.807, 2.05) is 37.3 Å². The second-order valence-electron chi connectivity index (χ2n) is 5.02. The predicted octanol–water partition coefficient (Wildman–Crippen LogP) is 3.91. The maximum Gasteiger partial charge on any atom is 0.170 e. The minimum Gasteiger partial charge on any atom is -0.293 e. The van der Waals surface area contributed by atoms with Crippen LogP contribution in [-0.2, 0) is 6.42 Å². The smallest absolute Gasteiger partial charge is 0.170 e. The zero-order valence-corrected chi connectivity index (χ0v) is 10.5. The number of carbonyl (C=O) groups excluding carboxylic acids is 1. The summed E-state index contributed by atoms with van der Waals surface area (Å²) in [4.78, 5) is 12.5. The fourth-order valence-electron chi connectivity index (χ4n) is 2.75. The van der Waals surface area contributed by atoms with Crippen LogP contribution in [0.1, 0.15) is 39.4 Å². The third-order valence-corrected chi connectivity index (χ3v) is 3.79. The molecule has 18 heavy (non-hydrogen) atoms. The Kier molecular flexibility index (Phi) is 2.75. The summed E-state index contributed by atoms with van der Waals surface area (Å²) in [6, 6.07) is 16.2. The lowest BCUT2D eigenvalue weighted by Crippen LogP contribution is -2.10. The Bertz CT molecular complexity index is 581. The number of hydrogen-bond donors (Lipinski definition) is 0. The van der Waals surface area contributed by atoms with Crippen LogP contribution in [0, 0.1) is 6.92 Å². The fraction of sp³-hybridized carbons (Fsp3) is 0.235. The van der Waals surface area contributed by atoms with Gasteiger partial charge >= 0.3 is 0 Å². The van der Waals surface area contributed by atoms with Crippen molar-refractivity contribution in [1.82, 2.24) is 0 Å². The van der Waals surface area contributed by atoms with Gasteiger partial charge in [0, 0.05) is 11.5 Å². The molecule has 0 radical (unpaired) electrons. The molecule has 1 atom stereocenters. The molecule has 2 aromatic rings. The van der Waals surface area contributed by atoms with Crippen molar-refractivity contribution in [1.29, 1.82) is 0 Å². The molecule has 0 heterocycles. The lowest BCUT2D eigenvalue weighted by atomic mass is 9.92. The monoisotopic (exact) mass is 236 g/mol. The van der Waals surface area contributed by atoms with Crippen LogP contribution in [0.2, 0.25) is 0 Å². The van der Waals surface area contributed by atoms with Crippen LogP contribution in [-0.4, -0.2) is 5.78 Å². The third-order valence-electron chi connectivity index (χ3n) is 3.79. The topological polar surface area (TPSA) is 17.1 Å². The Hall–Kier alpha value is -1.89. The van der Waals surface area contributed by atoms with Crippen LogP contribution in [0.15, 0.2) is 48.5 Å². The van der Waals surface area contributed by atoms with Crippen molar-refractivity contribution in [2.24, 2.45) is 0 Å². The number of benzene rings is 2. The maximum absolute atomic E-state index is 12.5. The molecule has 0 saturated carbocycles. The van der Waals surface area contributed by atoms with E-state index in [0.29, 0.717) is 0 Å². The standard InChI is InChI=1S/C17H16O/c1-12-6-8-14(9-7-12)17(18)16-11-10-13-4-2-3-5-15(13)16/h2-9,16H,10-11H2,1H3. The number of rotatable bonds is 2. The zero-order chi connectivity index (χ0) is 12.5. The van der Waals surface area contributed by atoms with E-state index in [2.05, 4.69) is 18.2 Å². The van der Waals surface area contributed by atoms with Crippen LogP contribution in [0.4, 0.5) is 0 Å². The van der Waals surface area contributed by atoms with Gasteiger partial charge in [-0.3, -0.25) is 4.79 Å². The summed E-state index contributed by atoms with van der Waals surface area (Å²) >= 11 is 0. The van der Waals surface area contributed by atoms with Gasteiger partial charge in [-0.05, 0) is 30.9 Å². The molecule has 0 spiro atoms. The number of fused-ring (bicyclic) bond motifs is 1. The molecule has 3 rings (SSSR count). The van der Waals surface area contributed by atoms with Crippen molar-refractivity contribution in [3.63, 3.8) is 0 Å². The van der Waals surface area contributed by atoms with Gasteiger partial charge in [0.2, 0.25) is 0 Å². The van der Waals surface area contributed by atoms with Gasteiger partial charge in [0.15, 0.2) is 5.78 Å². The van der Waals surface area contributed by atoms with Gasteiger partial charge in [-0.1, -0.05) is 54.1 Å². The zero-order valence-electron chi connectivity index (χ0n) is 10.5. The molecule has 0 bridgehead atoms. The number of carbonyl (C=O) groups is 1. The van der Waals surface area contributed by atoms with Crippen LogP contribution < -0.4 is 0 Å². The van der Waals surface area contributed by atoms with Crippen LogP contribution >= 0.6 is 0 Å². The Morgan fingerprint density at radius 3 is 2.56 bits per heavy atom. The molecule has 0 saturated heterocycles. The van der Waals surface area contributed by atoms with Crippen molar-refractivity contribution in [2.45, 2.75) is 25.7 Å². The number of aryl methyl sites for hydroxylation is 2. The van der Waals surface area contributed by atoms with Gasteiger partial charge in [0.1, 0.15) is 0 Å². The van der Waals surface area contributed by atoms with Crippen LogP contribution in [0.3, 0.4) is 0 Å². The van der Waals surface area contributed by atoms with Crippen LogP contribution in [0.5, 0.6) is 0 Å². The molecule has 0 fully saturated rings. The molecule has 1 aliphatic carbocycles. The molecule has 90 valence electrons.